The molecule has 0 unspecified atom stereocenters. The molecule has 0 atom stereocenters. The number of aromatic carboxylic acids is 1. The fourth-order valence-electron chi connectivity index (χ4n) is 2.19. The highest BCUT2D eigenvalue weighted by Crippen LogP contribution is 2.27. The number of carboxylic acid groups (broad SMARTS) is 1. The lowest BCUT2D eigenvalue weighted by Crippen LogP contribution is -2.28. The summed E-state index contributed by atoms with van der Waals surface area (Å²) in [6, 6.07) is 3.89. The van der Waals surface area contributed by atoms with Crippen molar-refractivity contribution in [1.82, 2.24) is 4.31 Å². The van der Waals surface area contributed by atoms with Crippen molar-refractivity contribution in [1.29, 1.82) is 0 Å². The molecule has 1 heterocycles. The van der Waals surface area contributed by atoms with Crippen LogP contribution in [0.3, 0.4) is 0 Å². The summed E-state index contributed by atoms with van der Waals surface area (Å²) in [6.45, 7) is 3.00. The third-order valence-corrected chi connectivity index (χ3v) is 5.08. The largest absolute Gasteiger partial charge is 0.493 e. The van der Waals surface area contributed by atoms with Crippen LogP contribution >= 0.6 is 0 Å². The first-order valence-corrected chi connectivity index (χ1v) is 7.91. The van der Waals surface area contributed by atoms with Gasteiger partial charge in [-0.2, -0.15) is 4.31 Å². The predicted octanol–water partition coefficient (Wildman–Crippen LogP) is 1.57. The van der Waals surface area contributed by atoms with Crippen LogP contribution in [0.4, 0.5) is 0 Å². The summed E-state index contributed by atoms with van der Waals surface area (Å²) in [7, 11) is -3.56. The van der Waals surface area contributed by atoms with Crippen LogP contribution in [0.1, 0.15) is 30.1 Å². The van der Waals surface area contributed by atoms with Crippen molar-refractivity contribution in [2.24, 2.45) is 0 Å². The third-order valence-electron chi connectivity index (χ3n) is 3.19. The van der Waals surface area contributed by atoms with E-state index in [1.807, 2.05) is 0 Å². The molecular weight excluding hydrogens is 282 g/mol. The first-order valence-electron chi connectivity index (χ1n) is 6.47. The molecule has 1 N–H and O–H groups in total. The lowest BCUT2D eigenvalue weighted by molar-refractivity contribution is 0.0692. The van der Waals surface area contributed by atoms with Gasteiger partial charge in [0.1, 0.15) is 11.3 Å². The first-order chi connectivity index (χ1) is 9.46. The highest BCUT2D eigenvalue weighted by molar-refractivity contribution is 7.89. The fraction of sp³-hybridized carbons (Fsp3) is 0.462. The van der Waals surface area contributed by atoms with Crippen molar-refractivity contribution in [2.75, 3.05) is 19.7 Å². The van der Waals surface area contributed by atoms with Gasteiger partial charge in [-0.3, -0.25) is 0 Å². The molecule has 1 aromatic carbocycles. The molecule has 20 heavy (non-hydrogen) atoms. The monoisotopic (exact) mass is 299 g/mol. The van der Waals surface area contributed by atoms with Gasteiger partial charge in [0.2, 0.25) is 10.0 Å². The Morgan fingerprint density at radius 3 is 2.55 bits per heavy atom. The molecule has 1 aliphatic heterocycles. The number of nitrogens with zero attached hydrogens (tertiary/aromatic N) is 1. The number of hydrogen-bond acceptors (Lipinski definition) is 4. The summed E-state index contributed by atoms with van der Waals surface area (Å²) in [4.78, 5) is 11.2. The zero-order valence-electron chi connectivity index (χ0n) is 11.2. The van der Waals surface area contributed by atoms with Crippen molar-refractivity contribution in [3.63, 3.8) is 0 Å². The van der Waals surface area contributed by atoms with Crippen LogP contribution in [0.25, 0.3) is 0 Å². The van der Waals surface area contributed by atoms with E-state index in [0.29, 0.717) is 13.1 Å². The Kier molecular flexibility index (Phi) is 4.29. The second kappa shape index (κ2) is 5.80. The lowest BCUT2D eigenvalue weighted by atomic mass is 10.2. The Balaban J connectivity index is 2.42. The molecule has 0 amide bonds. The molecule has 0 radical (unpaired) electrons. The summed E-state index contributed by atoms with van der Waals surface area (Å²) >= 11 is 0. The minimum atomic E-state index is -3.56. The molecule has 2 rings (SSSR count). The molecular formula is C13H17NO5S. The number of ether oxygens (including phenoxy) is 1. The van der Waals surface area contributed by atoms with Crippen LogP contribution < -0.4 is 4.74 Å². The van der Waals surface area contributed by atoms with Crippen molar-refractivity contribution < 1.29 is 23.1 Å². The third kappa shape index (κ3) is 2.78. The van der Waals surface area contributed by atoms with Crippen LogP contribution in [0.2, 0.25) is 0 Å². The predicted molar refractivity (Wildman–Crippen MR) is 72.6 cm³/mol. The average molecular weight is 299 g/mol. The maximum absolute atomic E-state index is 12.4. The van der Waals surface area contributed by atoms with Gasteiger partial charge in [-0.25, -0.2) is 13.2 Å². The number of benzene rings is 1. The molecule has 0 spiro atoms. The zero-order chi connectivity index (χ0) is 14.8. The fourth-order valence-corrected chi connectivity index (χ4v) is 3.73. The van der Waals surface area contributed by atoms with Crippen molar-refractivity contribution in [3.8, 4) is 5.75 Å². The molecule has 1 saturated heterocycles. The number of carbonyl (C=O) groups is 1. The maximum Gasteiger partial charge on any atom is 0.339 e. The highest BCUT2D eigenvalue weighted by atomic mass is 32.2. The van der Waals surface area contributed by atoms with Gasteiger partial charge in [0.05, 0.1) is 11.5 Å². The van der Waals surface area contributed by atoms with Crippen LogP contribution in [-0.4, -0.2) is 43.5 Å². The molecule has 1 aliphatic rings. The van der Waals surface area contributed by atoms with E-state index in [1.165, 1.54) is 22.5 Å². The molecule has 0 aromatic heterocycles. The molecule has 7 heteroatoms. The van der Waals surface area contributed by atoms with Gasteiger partial charge in [-0.05, 0) is 31.9 Å². The molecule has 0 aliphatic carbocycles. The summed E-state index contributed by atoms with van der Waals surface area (Å²) in [5.74, 6) is -1.06. The van der Waals surface area contributed by atoms with E-state index in [2.05, 4.69) is 0 Å². The summed E-state index contributed by atoms with van der Waals surface area (Å²) in [5.41, 5.74) is -0.0350. The van der Waals surface area contributed by atoms with Gasteiger partial charge in [0, 0.05) is 19.2 Å². The summed E-state index contributed by atoms with van der Waals surface area (Å²) < 4.78 is 31.4. The minimum absolute atomic E-state index is 0.0350. The van der Waals surface area contributed by atoms with E-state index in [-0.39, 0.29) is 22.8 Å². The molecule has 110 valence electrons. The van der Waals surface area contributed by atoms with E-state index >= 15 is 0 Å². The van der Waals surface area contributed by atoms with Gasteiger partial charge in [-0.15, -0.1) is 0 Å². The smallest absolute Gasteiger partial charge is 0.339 e. The standard InChI is InChI=1S/C13H17NO5S/c1-2-19-12-9-10(5-6-11(12)13(15)16)20(17,18)14-7-3-4-8-14/h5-6,9H,2-4,7-8H2,1H3,(H,15,16). The van der Waals surface area contributed by atoms with Gasteiger partial charge < -0.3 is 9.84 Å². The van der Waals surface area contributed by atoms with Crippen LogP contribution in [-0.2, 0) is 10.0 Å². The van der Waals surface area contributed by atoms with Crippen molar-refractivity contribution >= 4 is 16.0 Å². The number of rotatable bonds is 5. The minimum Gasteiger partial charge on any atom is -0.493 e. The Morgan fingerprint density at radius 2 is 2.00 bits per heavy atom. The second-order valence-electron chi connectivity index (χ2n) is 4.51. The molecule has 0 saturated carbocycles. The average Bonchev–Trinajstić information content (AvgIpc) is 2.93. The van der Waals surface area contributed by atoms with Gasteiger partial charge in [-0.1, -0.05) is 0 Å². The molecule has 0 bridgehead atoms. The summed E-state index contributed by atoms with van der Waals surface area (Å²) in [6.07, 6.45) is 1.70. The van der Waals surface area contributed by atoms with Crippen LogP contribution in [0.15, 0.2) is 23.1 Å². The van der Waals surface area contributed by atoms with Gasteiger partial charge in [0.15, 0.2) is 0 Å². The molecule has 6 nitrogen and oxygen atoms in total. The topological polar surface area (TPSA) is 83.9 Å². The van der Waals surface area contributed by atoms with Crippen LogP contribution in [0, 0.1) is 0 Å². The Labute approximate surface area is 118 Å². The van der Waals surface area contributed by atoms with Crippen LogP contribution in [0.5, 0.6) is 5.75 Å². The SMILES string of the molecule is CCOc1cc(S(=O)(=O)N2CCCC2)ccc1C(=O)O. The quantitative estimate of drug-likeness (QED) is 0.892. The van der Waals surface area contributed by atoms with E-state index < -0.39 is 16.0 Å². The van der Waals surface area contributed by atoms with E-state index in [0.717, 1.165) is 12.8 Å². The number of carboxylic acids is 1. The number of sulfonamides is 1. The Morgan fingerprint density at radius 1 is 1.35 bits per heavy atom. The van der Waals surface area contributed by atoms with E-state index in [1.54, 1.807) is 6.92 Å². The molecule has 1 aromatic rings. The highest BCUT2D eigenvalue weighted by Gasteiger charge is 2.28. The Bertz CT molecular complexity index is 605. The first kappa shape index (κ1) is 14.8. The summed E-state index contributed by atoms with van der Waals surface area (Å²) in [5, 5.41) is 9.06. The van der Waals surface area contributed by atoms with E-state index in [9.17, 15) is 13.2 Å². The van der Waals surface area contributed by atoms with Gasteiger partial charge >= 0.3 is 5.97 Å². The lowest BCUT2D eigenvalue weighted by Gasteiger charge is -2.16. The second-order valence-corrected chi connectivity index (χ2v) is 6.45. The normalized spacial score (nSPS) is 16.2. The van der Waals surface area contributed by atoms with Crippen molar-refractivity contribution in [2.45, 2.75) is 24.7 Å². The molecule has 1 fully saturated rings. The number of hydrogen-bond donors (Lipinski definition) is 1. The van der Waals surface area contributed by atoms with E-state index in [4.69, 9.17) is 9.84 Å². The van der Waals surface area contributed by atoms with Gasteiger partial charge in [0.25, 0.3) is 0 Å². The van der Waals surface area contributed by atoms with Crippen molar-refractivity contribution in [3.05, 3.63) is 23.8 Å². The Hall–Kier alpha value is -1.60. The zero-order valence-corrected chi connectivity index (χ0v) is 12.0. The maximum atomic E-state index is 12.4.